The van der Waals surface area contributed by atoms with Crippen LogP contribution in [0.3, 0.4) is 0 Å². The second kappa shape index (κ2) is 4.36. The summed E-state index contributed by atoms with van der Waals surface area (Å²) in [7, 11) is 0. The number of aryl methyl sites for hydroxylation is 1. The largest absolute Gasteiger partial charge is 0.363 e. The lowest BCUT2D eigenvalue weighted by Gasteiger charge is -1.98. The third-order valence-corrected chi connectivity index (χ3v) is 2.87. The molecule has 1 amide bonds. The minimum atomic E-state index is -0.609. The first-order valence-electron chi connectivity index (χ1n) is 4.68. The molecular formula is C10H10N4OS. The summed E-state index contributed by atoms with van der Waals surface area (Å²) in [5.41, 5.74) is 5.88. The fourth-order valence-electron chi connectivity index (χ4n) is 1.28. The highest BCUT2D eigenvalue weighted by molar-refractivity contribution is 7.11. The number of nitrogens with zero attached hydrogens (tertiary/aromatic N) is 3. The number of rotatable bonds is 3. The maximum Gasteiger partial charge on any atom is 0.286 e. The lowest BCUT2D eigenvalue weighted by atomic mass is 10.3. The van der Waals surface area contributed by atoms with Crippen molar-refractivity contribution in [3.8, 4) is 0 Å². The Morgan fingerprint density at radius 2 is 2.31 bits per heavy atom. The van der Waals surface area contributed by atoms with Crippen molar-refractivity contribution in [1.29, 1.82) is 0 Å². The maximum absolute atomic E-state index is 10.9. The van der Waals surface area contributed by atoms with Gasteiger partial charge in [-0.3, -0.25) is 4.79 Å². The molecule has 2 N–H and O–H groups in total. The van der Waals surface area contributed by atoms with Gasteiger partial charge < -0.3 is 5.73 Å². The van der Waals surface area contributed by atoms with E-state index in [0.717, 1.165) is 15.6 Å². The molecule has 0 aliphatic carbocycles. The zero-order valence-electron chi connectivity index (χ0n) is 8.67. The monoisotopic (exact) mass is 234 g/mol. The summed E-state index contributed by atoms with van der Waals surface area (Å²) in [6.45, 7) is 1.95. The minimum Gasteiger partial charge on any atom is -0.363 e. The van der Waals surface area contributed by atoms with E-state index in [4.69, 9.17) is 5.73 Å². The zero-order chi connectivity index (χ0) is 11.5. The number of carbonyl (C=O) groups excluding carboxylic acids is 1. The van der Waals surface area contributed by atoms with Gasteiger partial charge in [-0.05, 0) is 13.0 Å². The first-order valence-corrected chi connectivity index (χ1v) is 5.50. The molecule has 0 aliphatic rings. The van der Waals surface area contributed by atoms with Crippen LogP contribution in [0.1, 0.15) is 26.2 Å². The van der Waals surface area contributed by atoms with Gasteiger partial charge in [0.15, 0.2) is 0 Å². The number of aromatic nitrogens is 3. The second-order valence-corrected chi connectivity index (χ2v) is 4.58. The smallest absolute Gasteiger partial charge is 0.286 e. The number of carbonyl (C=O) groups is 1. The molecule has 2 rings (SSSR count). The van der Waals surface area contributed by atoms with Gasteiger partial charge in [0, 0.05) is 29.4 Å². The van der Waals surface area contributed by atoms with Gasteiger partial charge in [0.05, 0.1) is 5.01 Å². The Balaban J connectivity index is 2.21. The third kappa shape index (κ3) is 2.40. The van der Waals surface area contributed by atoms with E-state index in [1.54, 1.807) is 17.4 Å². The van der Waals surface area contributed by atoms with Crippen molar-refractivity contribution in [2.45, 2.75) is 13.3 Å². The van der Waals surface area contributed by atoms with E-state index in [9.17, 15) is 4.79 Å². The summed E-state index contributed by atoms with van der Waals surface area (Å²) in [5.74, 6) is -0.555. The molecule has 0 aromatic carbocycles. The Morgan fingerprint density at radius 1 is 1.50 bits per heavy atom. The van der Waals surface area contributed by atoms with Gasteiger partial charge in [0.2, 0.25) is 5.82 Å². The summed E-state index contributed by atoms with van der Waals surface area (Å²) >= 11 is 1.61. The molecule has 0 atom stereocenters. The third-order valence-electron chi connectivity index (χ3n) is 1.96. The quantitative estimate of drug-likeness (QED) is 0.856. The van der Waals surface area contributed by atoms with Crippen molar-refractivity contribution in [1.82, 2.24) is 15.0 Å². The molecule has 2 aromatic heterocycles. The normalized spacial score (nSPS) is 10.3. The van der Waals surface area contributed by atoms with E-state index in [1.165, 1.54) is 6.20 Å². The lowest BCUT2D eigenvalue weighted by molar-refractivity contribution is 0.0990. The van der Waals surface area contributed by atoms with E-state index in [0.29, 0.717) is 6.42 Å². The highest BCUT2D eigenvalue weighted by Gasteiger charge is 2.06. The number of primary amides is 1. The molecule has 16 heavy (non-hydrogen) atoms. The van der Waals surface area contributed by atoms with E-state index in [2.05, 4.69) is 15.0 Å². The SMILES string of the molecule is Cc1ncc(Cc2ccnc(C(N)=O)n2)s1. The van der Waals surface area contributed by atoms with Crippen LogP contribution in [-0.4, -0.2) is 20.9 Å². The summed E-state index contributed by atoms with van der Waals surface area (Å²) in [6, 6.07) is 1.77. The van der Waals surface area contributed by atoms with Crippen LogP contribution in [-0.2, 0) is 6.42 Å². The van der Waals surface area contributed by atoms with Gasteiger partial charge in [-0.1, -0.05) is 0 Å². The summed E-state index contributed by atoms with van der Waals surface area (Å²) < 4.78 is 0. The van der Waals surface area contributed by atoms with Crippen LogP contribution in [0.5, 0.6) is 0 Å². The number of hydrogen-bond acceptors (Lipinski definition) is 5. The highest BCUT2D eigenvalue weighted by Crippen LogP contribution is 2.15. The zero-order valence-corrected chi connectivity index (χ0v) is 9.49. The van der Waals surface area contributed by atoms with Crippen molar-refractivity contribution in [2.24, 2.45) is 5.73 Å². The first-order chi connectivity index (χ1) is 7.65. The van der Waals surface area contributed by atoms with Crippen LogP contribution in [0.15, 0.2) is 18.5 Å². The van der Waals surface area contributed by atoms with Gasteiger partial charge in [-0.2, -0.15) is 0 Å². The lowest BCUT2D eigenvalue weighted by Crippen LogP contribution is -2.15. The highest BCUT2D eigenvalue weighted by atomic mass is 32.1. The topological polar surface area (TPSA) is 81.8 Å². The van der Waals surface area contributed by atoms with Crippen LogP contribution < -0.4 is 5.73 Å². The van der Waals surface area contributed by atoms with E-state index in [-0.39, 0.29) is 5.82 Å². The average Bonchev–Trinajstić information content (AvgIpc) is 2.64. The van der Waals surface area contributed by atoms with Crippen LogP contribution in [0, 0.1) is 6.92 Å². The Morgan fingerprint density at radius 3 is 2.94 bits per heavy atom. The van der Waals surface area contributed by atoms with Gasteiger partial charge in [0.25, 0.3) is 5.91 Å². The van der Waals surface area contributed by atoms with Gasteiger partial charge in [0.1, 0.15) is 0 Å². The molecular weight excluding hydrogens is 224 g/mol. The fraction of sp³-hybridized carbons (Fsp3) is 0.200. The molecule has 0 unspecified atom stereocenters. The molecule has 0 saturated carbocycles. The van der Waals surface area contributed by atoms with Crippen molar-refractivity contribution < 1.29 is 4.79 Å². The summed E-state index contributed by atoms with van der Waals surface area (Å²) in [5, 5.41) is 1.01. The van der Waals surface area contributed by atoms with Gasteiger partial charge in [-0.25, -0.2) is 15.0 Å². The van der Waals surface area contributed by atoms with Gasteiger partial charge >= 0.3 is 0 Å². The second-order valence-electron chi connectivity index (χ2n) is 3.26. The Bertz CT molecular complexity index is 523. The molecule has 2 aromatic rings. The molecule has 0 radical (unpaired) electrons. The summed E-state index contributed by atoms with van der Waals surface area (Å²) in [4.78, 5) is 24.0. The standard InChI is InChI=1S/C10H10N4OS/c1-6-13-5-8(16-6)4-7-2-3-12-10(14-7)9(11)15/h2-3,5H,4H2,1H3,(H2,11,15). The Labute approximate surface area is 96.4 Å². The van der Waals surface area contributed by atoms with Crippen molar-refractivity contribution >= 4 is 17.2 Å². The van der Waals surface area contributed by atoms with Crippen LogP contribution in [0.4, 0.5) is 0 Å². The molecule has 0 aliphatic heterocycles. The van der Waals surface area contributed by atoms with E-state index in [1.807, 2.05) is 13.1 Å². The molecule has 0 saturated heterocycles. The van der Waals surface area contributed by atoms with Crippen molar-refractivity contribution in [3.63, 3.8) is 0 Å². The Hall–Kier alpha value is -1.82. The maximum atomic E-state index is 10.9. The molecule has 0 bridgehead atoms. The molecule has 0 fully saturated rings. The van der Waals surface area contributed by atoms with Crippen LogP contribution >= 0.6 is 11.3 Å². The number of nitrogens with two attached hydrogens (primary N) is 1. The number of amides is 1. The van der Waals surface area contributed by atoms with Crippen LogP contribution in [0.25, 0.3) is 0 Å². The van der Waals surface area contributed by atoms with Gasteiger partial charge in [-0.15, -0.1) is 11.3 Å². The molecule has 5 nitrogen and oxygen atoms in total. The first kappa shape index (κ1) is 10.7. The van der Waals surface area contributed by atoms with Crippen molar-refractivity contribution in [3.05, 3.63) is 39.9 Å². The molecule has 6 heteroatoms. The van der Waals surface area contributed by atoms with E-state index < -0.39 is 5.91 Å². The number of thiazole rings is 1. The average molecular weight is 234 g/mol. The van der Waals surface area contributed by atoms with Crippen molar-refractivity contribution in [2.75, 3.05) is 0 Å². The van der Waals surface area contributed by atoms with E-state index >= 15 is 0 Å². The minimum absolute atomic E-state index is 0.0544. The fourth-order valence-corrected chi connectivity index (χ4v) is 2.09. The molecule has 82 valence electrons. The number of hydrogen-bond donors (Lipinski definition) is 1. The molecule has 0 spiro atoms. The predicted molar refractivity (Wildman–Crippen MR) is 60.2 cm³/mol. The Kier molecular flexibility index (Phi) is 2.91. The molecule has 2 heterocycles. The summed E-state index contributed by atoms with van der Waals surface area (Å²) in [6.07, 6.45) is 4.00. The van der Waals surface area contributed by atoms with Crippen LogP contribution in [0.2, 0.25) is 0 Å². The predicted octanol–water partition coefficient (Wildman–Crippen LogP) is 0.931.